The number of carbonyl (C=O) groups is 1. The van der Waals surface area contributed by atoms with Gasteiger partial charge in [-0.25, -0.2) is 0 Å². The fourth-order valence-corrected chi connectivity index (χ4v) is 3.84. The monoisotopic (exact) mass is 327 g/mol. The highest BCUT2D eigenvalue weighted by atomic mass is 35.5. The van der Waals surface area contributed by atoms with Crippen LogP contribution in [0.5, 0.6) is 0 Å². The van der Waals surface area contributed by atoms with Gasteiger partial charge in [0.05, 0.1) is 15.6 Å². The maximum absolute atomic E-state index is 13.0. The van der Waals surface area contributed by atoms with E-state index < -0.39 is 0 Å². The molecule has 21 heavy (non-hydrogen) atoms. The number of hydrogen-bond acceptors (Lipinski definition) is 2. The van der Waals surface area contributed by atoms with E-state index in [2.05, 4.69) is 11.8 Å². The van der Waals surface area contributed by atoms with Gasteiger partial charge in [0.1, 0.15) is 0 Å². The van der Waals surface area contributed by atoms with E-state index in [0.29, 0.717) is 22.4 Å². The summed E-state index contributed by atoms with van der Waals surface area (Å²) in [7, 11) is 4.02. The fraction of sp³-hybridized carbons (Fsp3) is 0.588. The summed E-state index contributed by atoms with van der Waals surface area (Å²) in [5.74, 6) is 0.836. The van der Waals surface area contributed by atoms with E-state index in [9.17, 15) is 4.79 Å². The molecule has 1 saturated carbocycles. The zero-order chi connectivity index (χ0) is 15.6. The van der Waals surface area contributed by atoms with Crippen LogP contribution in [0.3, 0.4) is 0 Å². The molecule has 0 heterocycles. The van der Waals surface area contributed by atoms with Gasteiger partial charge in [-0.3, -0.25) is 9.69 Å². The van der Waals surface area contributed by atoms with Crippen molar-refractivity contribution in [1.29, 1.82) is 0 Å². The van der Waals surface area contributed by atoms with Crippen LogP contribution >= 0.6 is 23.2 Å². The molecule has 2 rings (SSSR count). The molecular formula is C17H23Cl2NO. The smallest absolute Gasteiger partial charge is 0.157 e. The Kier molecular flexibility index (Phi) is 5.34. The summed E-state index contributed by atoms with van der Waals surface area (Å²) in [6.45, 7) is 2.23. The summed E-state index contributed by atoms with van der Waals surface area (Å²) in [5.41, 5.74) is 0.470. The van der Waals surface area contributed by atoms with Crippen LogP contribution in [0, 0.1) is 5.92 Å². The van der Waals surface area contributed by atoms with Crippen LogP contribution in [0.4, 0.5) is 0 Å². The maximum Gasteiger partial charge on any atom is 0.157 e. The molecule has 1 aliphatic carbocycles. The zero-order valence-corrected chi connectivity index (χ0v) is 14.5. The lowest BCUT2D eigenvalue weighted by atomic mass is 9.72. The molecule has 1 aliphatic rings. The fourth-order valence-electron chi connectivity index (χ4n) is 3.45. The minimum atomic E-state index is -0.358. The van der Waals surface area contributed by atoms with Crippen LogP contribution in [0.1, 0.15) is 38.2 Å². The van der Waals surface area contributed by atoms with E-state index in [0.717, 1.165) is 24.8 Å². The summed E-state index contributed by atoms with van der Waals surface area (Å²) >= 11 is 12.3. The van der Waals surface area contributed by atoms with Gasteiger partial charge in [0, 0.05) is 6.42 Å². The van der Waals surface area contributed by atoms with Crippen LogP contribution in [0.15, 0.2) is 18.2 Å². The quantitative estimate of drug-likeness (QED) is 0.804. The van der Waals surface area contributed by atoms with Crippen molar-refractivity contribution in [2.24, 2.45) is 5.92 Å². The van der Waals surface area contributed by atoms with E-state index in [4.69, 9.17) is 23.2 Å². The Morgan fingerprint density at radius 2 is 2.10 bits per heavy atom. The molecule has 0 amide bonds. The molecule has 0 N–H and O–H groups in total. The van der Waals surface area contributed by atoms with Crippen molar-refractivity contribution in [1.82, 2.24) is 4.90 Å². The predicted molar refractivity (Wildman–Crippen MR) is 89.2 cm³/mol. The number of nitrogens with zero attached hydrogens (tertiary/aromatic N) is 1. The van der Waals surface area contributed by atoms with Crippen molar-refractivity contribution in [3.8, 4) is 0 Å². The lowest BCUT2D eigenvalue weighted by Crippen LogP contribution is -2.54. The number of rotatable bonds is 4. The first-order valence-corrected chi connectivity index (χ1v) is 8.26. The third-order valence-corrected chi connectivity index (χ3v) is 5.59. The van der Waals surface area contributed by atoms with Crippen LogP contribution in [0.25, 0.3) is 0 Å². The van der Waals surface area contributed by atoms with Gasteiger partial charge < -0.3 is 0 Å². The van der Waals surface area contributed by atoms with Crippen molar-refractivity contribution in [3.63, 3.8) is 0 Å². The molecule has 2 atom stereocenters. The van der Waals surface area contributed by atoms with Crippen molar-refractivity contribution in [2.75, 3.05) is 14.1 Å². The van der Waals surface area contributed by atoms with E-state index >= 15 is 0 Å². The second-order valence-corrected chi connectivity index (χ2v) is 7.23. The topological polar surface area (TPSA) is 20.3 Å². The first-order valence-electron chi connectivity index (χ1n) is 7.50. The highest BCUT2D eigenvalue weighted by Crippen LogP contribution is 2.38. The van der Waals surface area contributed by atoms with E-state index in [1.54, 1.807) is 6.07 Å². The summed E-state index contributed by atoms with van der Waals surface area (Å²) < 4.78 is 0. The highest BCUT2D eigenvalue weighted by molar-refractivity contribution is 6.42. The normalized spacial score (nSPS) is 26.1. The second-order valence-electron chi connectivity index (χ2n) is 6.44. The van der Waals surface area contributed by atoms with E-state index in [1.165, 1.54) is 6.42 Å². The second kappa shape index (κ2) is 6.68. The highest BCUT2D eigenvalue weighted by Gasteiger charge is 2.43. The standard InChI is InChI=1S/C17H23Cl2NO/c1-12-6-5-9-17(11-12,20(2)3)15(21)10-13-7-4-8-14(18)16(13)19/h4,7-8,12H,5-6,9-11H2,1-3H3. The number of benzene rings is 1. The summed E-state index contributed by atoms with van der Waals surface area (Å²) in [6, 6.07) is 5.49. The average Bonchev–Trinajstić information content (AvgIpc) is 2.43. The Morgan fingerprint density at radius 3 is 2.71 bits per heavy atom. The molecule has 1 aromatic rings. The van der Waals surface area contributed by atoms with Gasteiger partial charge in [-0.1, -0.05) is 55.1 Å². The van der Waals surface area contributed by atoms with Crippen LogP contribution in [0.2, 0.25) is 10.0 Å². The Bertz CT molecular complexity index is 530. The SMILES string of the molecule is CC1CCCC(C(=O)Cc2cccc(Cl)c2Cl)(N(C)C)C1. The lowest BCUT2D eigenvalue weighted by Gasteiger charge is -2.44. The van der Waals surface area contributed by atoms with Gasteiger partial charge in [0.25, 0.3) is 0 Å². The molecule has 0 aromatic heterocycles. The molecular weight excluding hydrogens is 305 g/mol. The van der Waals surface area contributed by atoms with E-state index in [-0.39, 0.29) is 11.3 Å². The van der Waals surface area contributed by atoms with Gasteiger partial charge in [-0.2, -0.15) is 0 Å². The van der Waals surface area contributed by atoms with Crippen LogP contribution in [-0.4, -0.2) is 30.3 Å². The Labute approximate surface area is 137 Å². The van der Waals surface area contributed by atoms with Gasteiger partial charge in [-0.05, 0) is 44.5 Å². The molecule has 1 fully saturated rings. The summed E-state index contributed by atoms with van der Waals surface area (Å²) in [5, 5.41) is 1.02. The van der Waals surface area contributed by atoms with Crippen molar-refractivity contribution in [2.45, 2.75) is 44.6 Å². The number of hydrogen-bond donors (Lipinski definition) is 0. The Hall–Kier alpha value is -0.570. The molecule has 2 nitrogen and oxygen atoms in total. The minimum absolute atomic E-state index is 0.253. The Morgan fingerprint density at radius 1 is 1.38 bits per heavy atom. The number of halogens is 2. The van der Waals surface area contributed by atoms with E-state index in [1.807, 2.05) is 26.2 Å². The number of ketones is 1. The number of likely N-dealkylation sites (N-methyl/N-ethyl adjacent to an activating group) is 1. The van der Waals surface area contributed by atoms with Crippen molar-refractivity contribution in [3.05, 3.63) is 33.8 Å². The largest absolute Gasteiger partial charge is 0.297 e. The molecule has 0 radical (unpaired) electrons. The number of carbonyl (C=O) groups excluding carboxylic acids is 1. The molecule has 116 valence electrons. The molecule has 2 unspecified atom stereocenters. The Balaban J connectivity index is 2.25. The third-order valence-electron chi connectivity index (χ3n) is 4.73. The van der Waals surface area contributed by atoms with Crippen molar-refractivity contribution >= 4 is 29.0 Å². The molecule has 4 heteroatoms. The molecule has 1 aromatic carbocycles. The zero-order valence-electron chi connectivity index (χ0n) is 13.0. The summed E-state index contributed by atoms with van der Waals surface area (Å²) in [6.07, 6.45) is 4.53. The molecule has 0 bridgehead atoms. The number of Topliss-reactive ketones (excluding diaryl/α,β-unsaturated/α-hetero) is 1. The molecule has 0 aliphatic heterocycles. The first kappa shape index (κ1) is 16.8. The maximum atomic E-state index is 13.0. The summed E-state index contributed by atoms with van der Waals surface area (Å²) in [4.78, 5) is 15.1. The van der Waals surface area contributed by atoms with Gasteiger partial charge >= 0.3 is 0 Å². The van der Waals surface area contributed by atoms with Gasteiger partial charge in [0.2, 0.25) is 0 Å². The van der Waals surface area contributed by atoms with Gasteiger partial charge in [-0.15, -0.1) is 0 Å². The van der Waals surface area contributed by atoms with Gasteiger partial charge in [0.15, 0.2) is 5.78 Å². The van der Waals surface area contributed by atoms with Crippen LogP contribution in [-0.2, 0) is 11.2 Å². The lowest BCUT2D eigenvalue weighted by molar-refractivity contribution is -0.132. The van der Waals surface area contributed by atoms with Crippen molar-refractivity contribution < 1.29 is 4.79 Å². The molecule has 0 saturated heterocycles. The first-order chi connectivity index (χ1) is 9.86. The minimum Gasteiger partial charge on any atom is -0.297 e. The molecule has 0 spiro atoms. The third kappa shape index (κ3) is 3.44. The average molecular weight is 328 g/mol. The predicted octanol–water partition coefficient (Wildman–Crippen LogP) is 4.62. The van der Waals surface area contributed by atoms with Crippen LogP contribution < -0.4 is 0 Å².